The Morgan fingerprint density at radius 2 is 2.25 bits per heavy atom. The first-order valence-electron chi connectivity index (χ1n) is 6.48. The van der Waals surface area contributed by atoms with E-state index in [4.69, 9.17) is 10.5 Å². The highest BCUT2D eigenvalue weighted by atomic mass is 16.5. The predicted molar refractivity (Wildman–Crippen MR) is 65.3 cm³/mol. The highest BCUT2D eigenvalue weighted by Gasteiger charge is 2.16. The SMILES string of the molecule is CC(C)C(N)CC(=O)CCCC1CCCO1. The number of carbonyl (C=O) groups excluding carboxylic acids is 1. The van der Waals surface area contributed by atoms with Gasteiger partial charge in [-0.1, -0.05) is 13.8 Å². The fourth-order valence-corrected chi connectivity index (χ4v) is 2.00. The van der Waals surface area contributed by atoms with Crippen LogP contribution in [0.5, 0.6) is 0 Å². The molecule has 0 aliphatic carbocycles. The molecule has 16 heavy (non-hydrogen) atoms. The summed E-state index contributed by atoms with van der Waals surface area (Å²) in [6.45, 7) is 5.02. The van der Waals surface area contributed by atoms with E-state index in [1.807, 2.05) is 0 Å². The summed E-state index contributed by atoms with van der Waals surface area (Å²) < 4.78 is 5.52. The molecule has 1 aliphatic rings. The quantitative estimate of drug-likeness (QED) is 0.726. The molecular formula is C13H25NO2. The fourth-order valence-electron chi connectivity index (χ4n) is 2.00. The normalized spacial score (nSPS) is 22.6. The van der Waals surface area contributed by atoms with E-state index in [2.05, 4.69) is 13.8 Å². The van der Waals surface area contributed by atoms with Gasteiger partial charge in [-0.05, 0) is 31.6 Å². The zero-order valence-electron chi connectivity index (χ0n) is 10.6. The van der Waals surface area contributed by atoms with Crippen LogP contribution >= 0.6 is 0 Å². The summed E-state index contributed by atoms with van der Waals surface area (Å²) in [4.78, 5) is 11.6. The third-order valence-electron chi connectivity index (χ3n) is 3.33. The van der Waals surface area contributed by atoms with Gasteiger partial charge in [0.1, 0.15) is 5.78 Å². The third kappa shape index (κ3) is 5.08. The van der Waals surface area contributed by atoms with Crippen LogP contribution in [0.2, 0.25) is 0 Å². The van der Waals surface area contributed by atoms with Crippen molar-refractivity contribution in [1.29, 1.82) is 0 Å². The van der Waals surface area contributed by atoms with E-state index in [0.717, 1.165) is 19.4 Å². The van der Waals surface area contributed by atoms with E-state index in [1.165, 1.54) is 12.8 Å². The second-order valence-corrected chi connectivity index (χ2v) is 5.18. The second kappa shape index (κ2) is 7.02. The lowest BCUT2D eigenvalue weighted by Gasteiger charge is -2.14. The van der Waals surface area contributed by atoms with Gasteiger partial charge in [0.15, 0.2) is 0 Å². The summed E-state index contributed by atoms with van der Waals surface area (Å²) in [5.74, 6) is 0.696. The van der Waals surface area contributed by atoms with Gasteiger partial charge >= 0.3 is 0 Å². The number of Topliss-reactive ketones (excluding diaryl/α,β-unsaturated/α-hetero) is 1. The molecule has 0 saturated carbocycles. The molecule has 1 fully saturated rings. The summed E-state index contributed by atoms with van der Waals surface area (Å²) >= 11 is 0. The van der Waals surface area contributed by atoms with Crippen molar-refractivity contribution >= 4 is 5.78 Å². The average molecular weight is 227 g/mol. The van der Waals surface area contributed by atoms with Gasteiger partial charge in [-0.2, -0.15) is 0 Å². The molecule has 1 aliphatic heterocycles. The first kappa shape index (κ1) is 13.7. The Labute approximate surface area is 98.7 Å². The smallest absolute Gasteiger partial charge is 0.134 e. The van der Waals surface area contributed by atoms with Crippen LogP contribution in [0.15, 0.2) is 0 Å². The number of hydrogen-bond acceptors (Lipinski definition) is 3. The molecule has 2 atom stereocenters. The van der Waals surface area contributed by atoms with Gasteiger partial charge in [0.05, 0.1) is 6.10 Å². The van der Waals surface area contributed by atoms with Crippen molar-refractivity contribution in [3.63, 3.8) is 0 Å². The van der Waals surface area contributed by atoms with E-state index >= 15 is 0 Å². The van der Waals surface area contributed by atoms with Gasteiger partial charge in [-0.25, -0.2) is 0 Å². The fraction of sp³-hybridized carbons (Fsp3) is 0.923. The average Bonchev–Trinajstić information content (AvgIpc) is 2.70. The Hall–Kier alpha value is -0.410. The Bertz CT molecular complexity index is 210. The van der Waals surface area contributed by atoms with Crippen LogP contribution in [0.1, 0.15) is 52.4 Å². The number of hydrogen-bond donors (Lipinski definition) is 1. The largest absolute Gasteiger partial charge is 0.378 e. The molecule has 3 heteroatoms. The van der Waals surface area contributed by atoms with Gasteiger partial charge < -0.3 is 10.5 Å². The van der Waals surface area contributed by atoms with Crippen LogP contribution in [-0.2, 0) is 9.53 Å². The Morgan fingerprint density at radius 3 is 2.81 bits per heavy atom. The minimum absolute atomic E-state index is 0.0234. The van der Waals surface area contributed by atoms with Crippen molar-refractivity contribution < 1.29 is 9.53 Å². The van der Waals surface area contributed by atoms with E-state index < -0.39 is 0 Å². The van der Waals surface area contributed by atoms with Crippen LogP contribution in [0.25, 0.3) is 0 Å². The number of ketones is 1. The highest BCUT2D eigenvalue weighted by molar-refractivity contribution is 5.78. The Morgan fingerprint density at radius 1 is 1.50 bits per heavy atom. The monoisotopic (exact) mass is 227 g/mol. The second-order valence-electron chi connectivity index (χ2n) is 5.18. The van der Waals surface area contributed by atoms with E-state index in [1.54, 1.807) is 0 Å². The van der Waals surface area contributed by atoms with Crippen LogP contribution in [0, 0.1) is 5.92 Å². The maximum absolute atomic E-state index is 11.6. The third-order valence-corrected chi connectivity index (χ3v) is 3.33. The number of nitrogens with two attached hydrogens (primary N) is 1. The Kier molecular flexibility index (Phi) is 5.99. The number of ether oxygens (including phenoxy) is 1. The molecule has 0 radical (unpaired) electrons. The molecule has 0 amide bonds. The molecule has 3 nitrogen and oxygen atoms in total. The van der Waals surface area contributed by atoms with Gasteiger partial charge in [-0.15, -0.1) is 0 Å². The van der Waals surface area contributed by atoms with Crippen LogP contribution in [0.3, 0.4) is 0 Å². The molecule has 0 aromatic heterocycles. The van der Waals surface area contributed by atoms with E-state index in [9.17, 15) is 4.79 Å². The van der Waals surface area contributed by atoms with Crippen molar-refractivity contribution in [2.75, 3.05) is 6.61 Å². The lowest BCUT2D eigenvalue weighted by Crippen LogP contribution is -2.29. The van der Waals surface area contributed by atoms with Crippen LogP contribution in [0.4, 0.5) is 0 Å². The zero-order valence-corrected chi connectivity index (χ0v) is 10.6. The topological polar surface area (TPSA) is 52.3 Å². The molecule has 0 aromatic rings. The molecule has 1 saturated heterocycles. The summed E-state index contributed by atoms with van der Waals surface area (Å²) in [6.07, 6.45) is 5.93. The maximum Gasteiger partial charge on any atom is 0.134 e. The molecule has 1 rings (SSSR count). The lowest BCUT2D eigenvalue weighted by atomic mass is 9.97. The summed E-state index contributed by atoms with van der Waals surface area (Å²) in [5, 5.41) is 0. The van der Waals surface area contributed by atoms with Crippen molar-refractivity contribution in [1.82, 2.24) is 0 Å². The highest BCUT2D eigenvalue weighted by Crippen LogP contribution is 2.18. The van der Waals surface area contributed by atoms with E-state index in [0.29, 0.717) is 30.6 Å². The van der Waals surface area contributed by atoms with Crippen molar-refractivity contribution in [2.24, 2.45) is 11.7 Å². The summed E-state index contributed by atoms with van der Waals surface area (Å²) in [5.41, 5.74) is 5.87. The standard InChI is InChI=1S/C13H25NO2/c1-10(2)13(14)9-11(15)5-3-6-12-7-4-8-16-12/h10,12-13H,3-9,14H2,1-2H3. The van der Waals surface area contributed by atoms with Crippen LogP contribution < -0.4 is 5.73 Å². The molecule has 1 heterocycles. The molecule has 94 valence electrons. The Balaban J connectivity index is 2.05. The van der Waals surface area contributed by atoms with Crippen molar-refractivity contribution in [3.05, 3.63) is 0 Å². The van der Waals surface area contributed by atoms with Crippen molar-refractivity contribution in [2.45, 2.75) is 64.5 Å². The number of carbonyl (C=O) groups is 1. The molecule has 2 N–H and O–H groups in total. The molecule has 0 aromatic carbocycles. The maximum atomic E-state index is 11.6. The minimum Gasteiger partial charge on any atom is -0.378 e. The van der Waals surface area contributed by atoms with Gasteiger partial charge in [0, 0.05) is 25.5 Å². The van der Waals surface area contributed by atoms with E-state index in [-0.39, 0.29) is 6.04 Å². The first-order valence-corrected chi connectivity index (χ1v) is 6.48. The molecule has 0 bridgehead atoms. The predicted octanol–water partition coefficient (Wildman–Crippen LogP) is 2.28. The summed E-state index contributed by atoms with van der Waals surface area (Å²) in [6, 6.07) is 0.0234. The molecular weight excluding hydrogens is 202 g/mol. The summed E-state index contributed by atoms with van der Waals surface area (Å²) in [7, 11) is 0. The van der Waals surface area contributed by atoms with Crippen LogP contribution in [-0.4, -0.2) is 24.5 Å². The molecule has 0 spiro atoms. The number of rotatable bonds is 7. The van der Waals surface area contributed by atoms with Gasteiger partial charge in [0.2, 0.25) is 0 Å². The minimum atomic E-state index is 0.0234. The van der Waals surface area contributed by atoms with Gasteiger partial charge in [0.25, 0.3) is 0 Å². The lowest BCUT2D eigenvalue weighted by molar-refractivity contribution is -0.119. The van der Waals surface area contributed by atoms with Crippen molar-refractivity contribution in [3.8, 4) is 0 Å². The zero-order chi connectivity index (χ0) is 12.0. The molecule has 2 unspecified atom stereocenters. The van der Waals surface area contributed by atoms with Gasteiger partial charge in [-0.3, -0.25) is 4.79 Å². The first-order chi connectivity index (χ1) is 7.59.